The fourth-order valence-electron chi connectivity index (χ4n) is 3.30. The summed E-state index contributed by atoms with van der Waals surface area (Å²) in [5.74, 6) is 1.29. The van der Waals surface area contributed by atoms with Gasteiger partial charge < -0.3 is 4.74 Å². The van der Waals surface area contributed by atoms with Crippen LogP contribution in [0.1, 0.15) is 6.42 Å². The number of hydrogen-bond donors (Lipinski definition) is 0. The largest absolute Gasteiger partial charge is 0.469 e. The van der Waals surface area contributed by atoms with Gasteiger partial charge in [0.15, 0.2) is 0 Å². The molecule has 0 aromatic heterocycles. The van der Waals surface area contributed by atoms with E-state index in [0.717, 1.165) is 6.42 Å². The Morgan fingerprint density at radius 1 is 1.58 bits per heavy atom. The van der Waals surface area contributed by atoms with E-state index in [1.54, 1.807) is 0 Å². The molecule has 4 fully saturated rings. The molecule has 0 aromatic rings. The highest BCUT2D eigenvalue weighted by atomic mass is 16.5. The summed E-state index contributed by atoms with van der Waals surface area (Å²) in [5, 5.41) is 0. The van der Waals surface area contributed by atoms with Crippen molar-refractivity contribution in [2.24, 2.45) is 29.6 Å². The number of carbonyl (C=O) groups excluding carboxylic acids is 2. The van der Waals surface area contributed by atoms with Crippen LogP contribution in [0.15, 0.2) is 0 Å². The summed E-state index contributed by atoms with van der Waals surface area (Å²) >= 11 is 0. The molecule has 0 aliphatic heterocycles. The van der Waals surface area contributed by atoms with Gasteiger partial charge in [-0.15, -0.1) is 0 Å². The van der Waals surface area contributed by atoms with Crippen molar-refractivity contribution in [1.29, 1.82) is 0 Å². The van der Waals surface area contributed by atoms with E-state index >= 15 is 0 Å². The normalized spacial score (nSPS) is 52.8. The van der Waals surface area contributed by atoms with Crippen LogP contribution < -0.4 is 0 Å². The first-order valence-electron chi connectivity index (χ1n) is 4.37. The number of carbonyl (C=O) groups is 2. The number of methoxy groups -OCH3 is 1. The standard InChI is InChI=1S/C9H10O3/c1-12-9(11)7-4-2-3-5(7)6(3)8(4)10/h3-7H,2H2,1H3/t3-,4+,5-,6-,7-/m1/s1. The predicted molar refractivity (Wildman–Crippen MR) is 39.1 cm³/mol. The first kappa shape index (κ1) is 6.63. The van der Waals surface area contributed by atoms with Gasteiger partial charge in [0.25, 0.3) is 0 Å². The lowest BCUT2D eigenvalue weighted by molar-refractivity contribution is -0.147. The zero-order valence-corrected chi connectivity index (χ0v) is 6.82. The van der Waals surface area contributed by atoms with Crippen molar-refractivity contribution in [1.82, 2.24) is 0 Å². The van der Waals surface area contributed by atoms with E-state index in [0.29, 0.717) is 17.6 Å². The van der Waals surface area contributed by atoms with Crippen molar-refractivity contribution in [3.63, 3.8) is 0 Å². The van der Waals surface area contributed by atoms with Gasteiger partial charge in [-0.3, -0.25) is 9.59 Å². The minimum atomic E-state index is -0.166. The van der Waals surface area contributed by atoms with Gasteiger partial charge in [0.2, 0.25) is 0 Å². The van der Waals surface area contributed by atoms with E-state index in [4.69, 9.17) is 0 Å². The van der Waals surface area contributed by atoms with Gasteiger partial charge in [0.05, 0.1) is 13.0 Å². The Morgan fingerprint density at radius 2 is 2.33 bits per heavy atom. The van der Waals surface area contributed by atoms with Crippen LogP contribution in [0.2, 0.25) is 0 Å². The molecule has 0 heterocycles. The maximum absolute atomic E-state index is 11.4. The Hall–Kier alpha value is -0.860. The van der Waals surface area contributed by atoms with Crippen molar-refractivity contribution >= 4 is 11.8 Å². The summed E-state index contributed by atoms with van der Waals surface area (Å²) in [7, 11) is 1.40. The second-order valence-electron chi connectivity index (χ2n) is 4.06. The number of rotatable bonds is 1. The van der Waals surface area contributed by atoms with Gasteiger partial charge >= 0.3 is 5.97 Å². The smallest absolute Gasteiger partial charge is 0.309 e. The van der Waals surface area contributed by atoms with Crippen molar-refractivity contribution in [3.8, 4) is 0 Å². The summed E-state index contributed by atoms with van der Waals surface area (Å²) in [6.07, 6.45) is 0.952. The first-order valence-corrected chi connectivity index (χ1v) is 4.37. The molecule has 4 saturated carbocycles. The second-order valence-corrected chi connectivity index (χ2v) is 4.06. The van der Waals surface area contributed by atoms with Crippen LogP contribution in [-0.2, 0) is 14.3 Å². The van der Waals surface area contributed by atoms with Gasteiger partial charge in [-0.25, -0.2) is 0 Å². The van der Waals surface area contributed by atoms with Crippen LogP contribution >= 0.6 is 0 Å². The monoisotopic (exact) mass is 166 g/mol. The molecule has 64 valence electrons. The van der Waals surface area contributed by atoms with Crippen LogP contribution in [0.4, 0.5) is 0 Å². The molecule has 3 heteroatoms. The van der Waals surface area contributed by atoms with E-state index in [2.05, 4.69) is 4.74 Å². The Labute approximate surface area is 70.1 Å². The SMILES string of the molecule is COC(=O)[C@H]1[C@@H]2[C@H]3C[C@@H]1C(=O)[C@H]32. The average molecular weight is 166 g/mol. The molecular formula is C9H10O3. The minimum Gasteiger partial charge on any atom is -0.469 e. The van der Waals surface area contributed by atoms with E-state index in [1.165, 1.54) is 7.11 Å². The molecule has 0 saturated heterocycles. The van der Waals surface area contributed by atoms with Gasteiger partial charge in [-0.1, -0.05) is 0 Å². The molecule has 3 nitrogen and oxygen atoms in total. The Kier molecular flexibility index (Phi) is 0.955. The van der Waals surface area contributed by atoms with Gasteiger partial charge in [0, 0.05) is 11.8 Å². The summed E-state index contributed by atoms with van der Waals surface area (Å²) < 4.78 is 4.69. The summed E-state index contributed by atoms with van der Waals surface area (Å²) in [5.41, 5.74) is 0. The van der Waals surface area contributed by atoms with Crippen molar-refractivity contribution in [3.05, 3.63) is 0 Å². The molecule has 4 bridgehead atoms. The Morgan fingerprint density at radius 3 is 2.67 bits per heavy atom. The zero-order chi connectivity index (χ0) is 8.46. The highest BCUT2D eigenvalue weighted by Crippen LogP contribution is 2.71. The number of Topliss-reactive ketones (excluding diaryl/α,β-unsaturated/α-hetero) is 1. The average Bonchev–Trinajstić information content (AvgIpc) is 2.42. The number of esters is 1. The van der Waals surface area contributed by atoms with Crippen LogP contribution in [0.3, 0.4) is 0 Å². The molecule has 0 N–H and O–H groups in total. The predicted octanol–water partition coefficient (Wildman–Crippen LogP) is 0.240. The molecule has 0 amide bonds. The van der Waals surface area contributed by atoms with Gasteiger partial charge in [-0.05, 0) is 18.3 Å². The minimum absolute atomic E-state index is 0.0254. The summed E-state index contributed by atoms with van der Waals surface area (Å²) in [4.78, 5) is 22.7. The van der Waals surface area contributed by atoms with Crippen LogP contribution in [0.25, 0.3) is 0 Å². The number of ether oxygens (including phenoxy) is 1. The fourth-order valence-corrected chi connectivity index (χ4v) is 3.30. The Balaban J connectivity index is 1.93. The maximum Gasteiger partial charge on any atom is 0.309 e. The van der Waals surface area contributed by atoms with E-state index < -0.39 is 0 Å². The fraction of sp³-hybridized carbons (Fsp3) is 0.778. The lowest BCUT2D eigenvalue weighted by Crippen LogP contribution is -2.21. The third-order valence-electron chi connectivity index (χ3n) is 3.77. The molecule has 0 radical (unpaired) electrons. The molecule has 5 atom stereocenters. The summed E-state index contributed by atoms with van der Waals surface area (Å²) in [6, 6.07) is 0. The second kappa shape index (κ2) is 1.73. The Bertz CT molecular complexity index is 283. The van der Waals surface area contributed by atoms with Crippen LogP contribution in [0, 0.1) is 29.6 Å². The van der Waals surface area contributed by atoms with Gasteiger partial charge in [0.1, 0.15) is 5.78 Å². The van der Waals surface area contributed by atoms with E-state index in [1.807, 2.05) is 0 Å². The number of ketones is 1. The summed E-state index contributed by atoms with van der Waals surface area (Å²) in [6.45, 7) is 0. The molecular weight excluding hydrogens is 156 g/mol. The van der Waals surface area contributed by atoms with E-state index in [-0.39, 0.29) is 23.7 Å². The molecule has 4 aliphatic rings. The highest BCUT2D eigenvalue weighted by Gasteiger charge is 2.75. The third-order valence-corrected chi connectivity index (χ3v) is 3.77. The highest BCUT2D eigenvalue weighted by molar-refractivity contribution is 5.98. The molecule has 0 unspecified atom stereocenters. The van der Waals surface area contributed by atoms with Gasteiger partial charge in [-0.2, -0.15) is 0 Å². The maximum atomic E-state index is 11.4. The third kappa shape index (κ3) is 0.490. The molecule has 4 rings (SSSR count). The van der Waals surface area contributed by atoms with E-state index in [9.17, 15) is 9.59 Å². The van der Waals surface area contributed by atoms with Crippen molar-refractivity contribution < 1.29 is 14.3 Å². The molecule has 12 heavy (non-hydrogen) atoms. The topological polar surface area (TPSA) is 43.4 Å². The zero-order valence-electron chi connectivity index (χ0n) is 6.82. The van der Waals surface area contributed by atoms with Crippen LogP contribution in [0.5, 0.6) is 0 Å². The molecule has 0 aromatic carbocycles. The number of hydrogen-bond acceptors (Lipinski definition) is 3. The molecule has 0 spiro atoms. The lowest BCUT2D eigenvalue weighted by Gasteiger charge is -2.09. The lowest BCUT2D eigenvalue weighted by atomic mass is 9.98. The van der Waals surface area contributed by atoms with Crippen molar-refractivity contribution in [2.75, 3.05) is 7.11 Å². The van der Waals surface area contributed by atoms with Crippen molar-refractivity contribution in [2.45, 2.75) is 6.42 Å². The van der Waals surface area contributed by atoms with Crippen LogP contribution in [-0.4, -0.2) is 18.9 Å². The first-order chi connectivity index (χ1) is 5.75. The quantitative estimate of drug-likeness (QED) is 0.524. The molecule has 4 aliphatic carbocycles.